The number of nitrogens with zero attached hydrogens (tertiary/aromatic N) is 1. The number of nitrogens with one attached hydrogen (secondary N) is 1. The largest absolute Gasteiger partial charge is 0.444 e. The second kappa shape index (κ2) is 7.87. The molecule has 0 aromatic rings. The predicted octanol–water partition coefficient (Wildman–Crippen LogP) is 3.41. The lowest BCUT2D eigenvalue weighted by atomic mass is 9.81. The molecule has 0 aliphatic heterocycles. The van der Waals surface area contributed by atoms with Crippen molar-refractivity contribution in [1.29, 1.82) is 0 Å². The Labute approximate surface area is 124 Å². The van der Waals surface area contributed by atoms with Crippen LogP contribution in [0.2, 0.25) is 0 Å². The topological polar surface area (TPSA) is 41.6 Å². The second-order valence-electron chi connectivity index (χ2n) is 7.14. The van der Waals surface area contributed by atoms with Gasteiger partial charge in [0.25, 0.3) is 0 Å². The highest BCUT2D eigenvalue weighted by Gasteiger charge is 2.20. The quantitative estimate of drug-likeness (QED) is 0.728. The summed E-state index contributed by atoms with van der Waals surface area (Å²) in [7, 11) is 1.80. The molecule has 20 heavy (non-hydrogen) atoms. The molecule has 0 radical (unpaired) electrons. The molecule has 1 atom stereocenters. The maximum Gasteiger partial charge on any atom is 0.410 e. The summed E-state index contributed by atoms with van der Waals surface area (Å²) in [5, 5.41) is 3.55. The Morgan fingerprint density at radius 3 is 2.55 bits per heavy atom. The van der Waals surface area contributed by atoms with Crippen molar-refractivity contribution in [3.8, 4) is 0 Å². The first-order chi connectivity index (χ1) is 9.28. The van der Waals surface area contributed by atoms with E-state index in [1.807, 2.05) is 20.8 Å². The molecule has 118 valence electrons. The van der Waals surface area contributed by atoms with E-state index in [2.05, 4.69) is 12.2 Å². The third kappa shape index (κ3) is 7.13. The van der Waals surface area contributed by atoms with Gasteiger partial charge in [0.05, 0.1) is 0 Å². The van der Waals surface area contributed by atoms with Gasteiger partial charge in [0.15, 0.2) is 0 Å². The normalized spacial score (nSPS) is 17.4. The molecule has 1 aliphatic rings. The molecule has 4 nitrogen and oxygen atoms in total. The van der Waals surface area contributed by atoms with E-state index < -0.39 is 5.60 Å². The van der Waals surface area contributed by atoms with E-state index in [-0.39, 0.29) is 6.09 Å². The van der Waals surface area contributed by atoms with Crippen molar-refractivity contribution in [3.63, 3.8) is 0 Å². The summed E-state index contributed by atoms with van der Waals surface area (Å²) >= 11 is 0. The molecule has 1 unspecified atom stereocenters. The van der Waals surface area contributed by atoms with Crippen LogP contribution < -0.4 is 5.32 Å². The first kappa shape index (κ1) is 17.3. The van der Waals surface area contributed by atoms with Crippen molar-refractivity contribution < 1.29 is 9.53 Å². The third-order valence-electron chi connectivity index (χ3n) is 3.78. The average Bonchev–Trinajstić information content (AvgIpc) is 2.27. The van der Waals surface area contributed by atoms with Crippen molar-refractivity contribution in [2.24, 2.45) is 5.92 Å². The van der Waals surface area contributed by atoms with Gasteiger partial charge >= 0.3 is 6.09 Å². The highest BCUT2D eigenvalue weighted by atomic mass is 16.6. The summed E-state index contributed by atoms with van der Waals surface area (Å²) in [6.07, 6.45) is 6.26. The van der Waals surface area contributed by atoms with Gasteiger partial charge in [-0.2, -0.15) is 0 Å². The molecule has 1 saturated carbocycles. The van der Waals surface area contributed by atoms with Crippen molar-refractivity contribution in [2.75, 3.05) is 20.1 Å². The van der Waals surface area contributed by atoms with Crippen LogP contribution in [0.4, 0.5) is 4.79 Å². The van der Waals surface area contributed by atoms with Crippen LogP contribution in [0, 0.1) is 5.92 Å². The van der Waals surface area contributed by atoms with Gasteiger partial charge in [-0.25, -0.2) is 4.79 Å². The van der Waals surface area contributed by atoms with Crippen LogP contribution in [-0.2, 0) is 4.74 Å². The number of hydrogen-bond acceptors (Lipinski definition) is 3. The molecular formula is C16H32N2O2. The molecule has 0 aromatic carbocycles. The van der Waals surface area contributed by atoms with E-state index in [0.717, 1.165) is 25.4 Å². The Hall–Kier alpha value is -0.770. The van der Waals surface area contributed by atoms with Crippen LogP contribution in [0.5, 0.6) is 0 Å². The van der Waals surface area contributed by atoms with Crippen LogP contribution in [0.25, 0.3) is 0 Å². The van der Waals surface area contributed by atoms with E-state index in [0.29, 0.717) is 6.04 Å². The van der Waals surface area contributed by atoms with Gasteiger partial charge in [0.1, 0.15) is 5.60 Å². The van der Waals surface area contributed by atoms with Crippen LogP contribution >= 0.6 is 0 Å². The Bertz CT molecular complexity index is 295. The van der Waals surface area contributed by atoms with Crippen LogP contribution in [0.3, 0.4) is 0 Å². The Kier molecular flexibility index (Phi) is 6.80. The molecule has 1 fully saturated rings. The summed E-state index contributed by atoms with van der Waals surface area (Å²) in [4.78, 5) is 13.4. The molecule has 4 heteroatoms. The van der Waals surface area contributed by atoms with Crippen LogP contribution in [0.15, 0.2) is 0 Å². The highest BCUT2D eigenvalue weighted by molar-refractivity contribution is 5.67. The number of rotatable bonds is 7. The molecule has 0 bridgehead atoms. The Balaban J connectivity index is 2.05. The van der Waals surface area contributed by atoms with Gasteiger partial charge in [-0.05, 0) is 53.0 Å². The van der Waals surface area contributed by atoms with Gasteiger partial charge in [0.2, 0.25) is 0 Å². The Morgan fingerprint density at radius 2 is 2.05 bits per heavy atom. The average molecular weight is 284 g/mol. The molecule has 1 rings (SSSR count). The van der Waals surface area contributed by atoms with E-state index in [9.17, 15) is 4.79 Å². The lowest BCUT2D eigenvalue weighted by Gasteiger charge is -2.28. The molecule has 1 N–H and O–H groups in total. The smallest absolute Gasteiger partial charge is 0.410 e. The second-order valence-corrected chi connectivity index (χ2v) is 7.14. The zero-order valence-electron chi connectivity index (χ0n) is 13.9. The number of amides is 1. The zero-order chi connectivity index (χ0) is 15.2. The molecule has 0 spiro atoms. The monoisotopic (exact) mass is 284 g/mol. The van der Waals surface area contributed by atoms with Crippen molar-refractivity contribution in [1.82, 2.24) is 10.2 Å². The molecule has 0 heterocycles. The summed E-state index contributed by atoms with van der Waals surface area (Å²) in [5.41, 5.74) is -0.416. The molecule has 1 aliphatic carbocycles. The molecule has 0 saturated heterocycles. The van der Waals surface area contributed by atoms with Gasteiger partial charge in [-0.3, -0.25) is 0 Å². The summed E-state index contributed by atoms with van der Waals surface area (Å²) in [6, 6.07) is 0.590. The fourth-order valence-electron chi connectivity index (χ4n) is 2.41. The fourth-order valence-corrected chi connectivity index (χ4v) is 2.41. The summed E-state index contributed by atoms with van der Waals surface area (Å²) in [5.74, 6) is 0.946. The van der Waals surface area contributed by atoms with E-state index >= 15 is 0 Å². The van der Waals surface area contributed by atoms with Crippen LogP contribution in [-0.4, -0.2) is 42.8 Å². The van der Waals surface area contributed by atoms with Crippen LogP contribution in [0.1, 0.15) is 59.8 Å². The SMILES string of the molecule is CC(CC1CCC1)NCCCN(C)C(=O)OC(C)(C)C. The maximum absolute atomic E-state index is 11.8. The van der Waals surface area contributed by atoms with Gasteiger partial charge in [-0.15, -0.1) is 0 Å². The lowest BCUT2D eigenvalue weighted by molar-refractivity contribution is 0.0297. The van der Waals surface area contributed by atoms with Crippen molar-refractivity contribution in [3.05, 3.63) is 0 Å². The van der Waals surface area contributed by atoms with E-state index in [1.54, 1.807) is 11.9 Å². The third-order valence-corrected chi connectivity index (χ3v) is 3.78. The lowest BCUT2D eigenvalue weighted by Crippen LogP contribution is -2.36. The van der Waals surface area contributed by atoms with E-state index in [4.69, 9.17) is 4.74 Å². The number of hydrogen-bond donors (Lipinski definition) is 1. The van der Waals surface area contributed by atoms with Crippen molar-refractivity contribution >= 4 is 6.09 Å². The minimum atomic E-state index is -0.416. The highest BCUT2D eigenvalue weighted by Crippen LogP contribution is 2.30. The zero-order valence-corrected chi connectivity index (χ0v) is 13.9. The molecular weight excluding hydrogens is 252 g/mol. The summed E-state index contributed by atoms with van der Waals surface area (Å²) in [6.45, 7) is 9.63. The Morgan fingerprint density at radius 1 is 1.40 bits per heavy atom. The summed E-state index contributed by atoms with van der Waals surface area (Å²) < 4.78 is 5.32. The minimum absolute atomic E-state index is 0.236. The number of carbonyl (C=O) groups excluding carboxylic acids is 1. The minimum Gasteiger partial charge on any atom is -0.444 e. The first-order valence-electron chi connectivity index (χ1n) is 7.95. The molecule has 0 aromatic heterocycles. The fraction of sp³-hybridized carbons (Fsp3) is 0.938. The van der Waals surface area contributed by atoms with Gasteiger partial charge in [0, 0.05) is 19.6 Å². The van der Waals surface area contributed by atoms with Gasteiger partial charge in [-0.1, -0.05) is 19.3 Å². The maximum atomic E-state index is 11.8. The van der Waals surface area contributed by atoms with Crippen molar-refractivity contribution in [2.45, 2.75) is 71.4 Å². The standard InChI is InChI=1S/C16H32N2O2/c1-13(12-14-8-6-9-14)17-10-7-11-18(5)15(19)20-16(2,3)4/h13-14,17H,6-12H2,1-5H3. The van der Waals surface area contributed by atoms with Gasteiger partial charge < -0.3 is 15.0 Å². The van der Waals surface area contributed by atoms with E-state index in [1.165, 1.54) is 25.7 Å². The predicted molar refractivity (Wildman–Crippen MR) is 82.9 cm³/mol. The first-order valence-corrected chi connectivity index (χ1v) is 7.95. The molecule has 1 amide bonds. The number of carbonyl (C=O) groups is 1. The number of ether oxygens (including phenoxy) is 1.